The van der Waals surface area contributed by atoms with Crippen LogP contribution in [0.3, 0.4) is 0 Å². The number of carbonyl (C=O) groups is 1. The molecule has 0 atom stereocenters. The molecule has 1 saturated carbocycles. The molecule has 1 fully saturated rings. The van der Waals surface area contributed by atoms with E-state index in [0.29, 0.717) is 21.7 Å². The number of hydrogen-bond donors (Lipinski definition) is 0. The number of methoxy groups -OCH3 is 2. The van der Waals surface area contributed by atoms with Crippen molar-refractivity contribution in [2.75, 3.05) is 14.2 Å². The first-order chi connectivity index (χ1) is 14.1. The third-order valence-electron chi connectivity index (χ3n) is 5.16. The lowest BCUT2D eigenvalue weighted by molar-refractivity contribution is -0.149. The fourth-order valence-electron chi connectivity index (χ4n) is 3.66. The maximum atomic E-state index is 13.1. The van der Waals surface area contributed by atoms with Crippen LogP contribution in [0.1, 0.15) is 25.7 Å². The lowest BCUT2D eigenvalue weighted by Crippen LogP contribution is -2.27. The molecule has 2 heterocycles. The Hall–Kier alpha value is -2.87. The molecule has 152 valence electrons. The Kier molecular flexibility index (Phi) is 5.53. The molecular weight excluding hydrogens is 392 g/mol. The molecule has 4 rings (SSSR count). The van der Waals surface area contributed by atoms with Gasteiger partial charge in [0, 0.05) is 10.9 Å². The van der Waals surface area contributed by atoms with Gasteiger partial charge in [0.05, 0.1) is 25.9 Å². The van der Waals surface area contributed by atoms with Crippen LogP contribution in [0.2, 0.25) is 0 Å². The van der Waals surface area contributed by atoms with E-state index in [9.17, 15) is 9.59 Å². The van der Waals surface area contributed by atoms with Gasteiger partial charge in [0.2, 0.25) is 0 Å². The van der Waals surface area contributed by atoms with E-state index in [-0.39, 0.29) is 18.2 Å². The maximum Gasteiger partial charge on any atom is 0.326 e. The monoisotopic (exact) mass is 414 g/mol. The quantitative estimate of drug-likeness (QED) is 0.573. The van der Waals surface area contributed by atoms with E-state index >= 15 is 0 Å². The second-order valence-electron chi connectivity index (χ2n) is 6.97. The van der Waals surface area contributed by atoms with Crippen molar-refractivity contribution in [1.82, 2.24) is 9.55 Å². The predicted molar refractivity (Wildman–Crippen MR) is 111 cm³/mol. The smallest absolute Gasteiger partial charge is 0.326 e. The molecule has 3 aromatic rings. The van der Waals surface area contributed by atoms with Gasteiger partial charge >= 0.3 is 5.97 Å². The number of nitrogens with zero attached hydrogens (tertiary/aromatic N) is 2. The summed E-state index contributed by atoms with van der Waals surface area (Å²) in [4.78, 5) is 30.4. The van der Waals surface area contributed by atoms with Gasteiger partial charge in [-0.1, -0.05) is 6.07 Å². The lowest BCUT2D eigenvalue weighted by atomic mass is 10.1. The number of aromatic nitrogens is 2. The van der Waals surface area contributed by atoms with Crippen LogP contribution >= 0.6 is 11.3 Å². The molecule has 7 nitrogen and oxygen atoms in total. The Morgan fingerprint density at radius 1 is 1.21 bits per heavy atom. The van der Waals surface area contributed by atoms with Gasteiger partial charge in [-0.3, -0.25) is 14.2 Å². The number of rotatable bonds is 6. The van der Waals surface area contributed by atoms with E-state index in [1.54, 1.807) is 20.3 Å². The fourth-order valence-corrected chi connectivity index (χ4v) is 4.57. The molecule has 0 aliphatic heterocycles. The van der Waals surface area contributed by atoms with Crippen LogP contribution in [-0.2, 0) is 16.1 Å². The van der Waals surface area contributed by atoms with Crippen molar-refractivity contribution in [1.29, 1.82) is 0 Å². The normalized spacial score (nSPS) is 14.3. The van der Waals surface area contributed by atoms with Crippen LogP contribution in [0, 0.1) is 0 Å². The Labute approximate surface area is 171 Å². The van der Waals surface area contributed by atoms with Crippen molar-refractivity contribution in [2.24, 2.45) is 0 Å². The van der Waals surface area contributed by atoms with Crippen molar-refractivity contribution in [2.45, 2.75) is 38.3 Å². The molecule has 1 aromatic carbocycles. The molecular formula is C21H22N2O5S. The number of esters is 1. The van der Waals surface area contributed by atoms with Gasteiger partial charge in [0.1, 0.15) is 17.5 Å². The van der Waals surface area contributed by atoms with Crippen LogP contribution in [0.25, 0.3) is 21.3 Å². The van der Waals surface area contributed by atoms with Gasteiger partial charge in [0.15, 0.2) is 11.5 Å². The third kappa shape index (κ3) is 3.85. The first-order valence-corrected chi connectivity index (χ1v) is 10.4. The summed E-state index contributed by atoms with van der Waals surface area (Å²) in [6.07, 6.45) is 5.33. The summed E-state index contributed by atoms with van der Waals surface area (Å²) < 4.78 is 17.5. The number of thiophene rings is 1. The minimum atomic E-state index is -0.400. The zero-order valence-corrected chi connectivity index (χ0v) is 17.2. The summed E-state index contributed by atoms with van der Waals surface area (Å²) in [7, 11) is 3.14. The summed E-state index contributed by atoms with van der Waals surface area (Å²) in [5, 5.41) is 2.37. The molecule has 8 heteroatoms. The van der Waals surface area contributed by atoms with Crippen LogP contribution in [0.4, 0.5) is 0 Å². The Morgan fingerprint density at radius 3 is 2.69 bits per heavy atom. The summed E-state index contributed by atoms with van der Waals surface area (Å²) in [6, 6.07) is 5.49. The standard InChI is InChI=1S/C21H22N2O5S/c1-26-16-8-7-13(9-17(16)27-2)15-11-29-20-19(15)21(25)23(12-22-20)10-18(24)28-14-5-3-4-6-14/h7-9,11-12,14H,3-6,10H2,1-2H3. The van der Waals surface area contributed by atoms with Gasteiger partial charge in [-0.05, 0) is 43.4 Å². The van der Waals surface area contributed by atoms with Gasteiger partial charge in [-0.15, -0.1) is 11.3 Å². The number of benzene rings is 1. The second-order valence-corrected chi connectivity index (χ2v) is 7.83. The van der Waals surface area contributed by atoms with Crippen LogP contribution in [0.5, 0.6) is 11.5 Å². The summed E-state index contributed by atoms with van der Waals surface area (Å²) in [6.45, 7) is -0.139. The van der Waals surface area contributed by atoms with Gasteiger partial charge in [0.25, 0.3) is 5.56 Å². The Balaban J connectivity index is 1.67. The summed E-state index contributed by atoms with van der Waals surface area (Å²) in [5.41, 5.74) is 1.31. The number of ether oxygens (including phenoxy) is 3. The van der Waals surface area contributed by atoms with E-state index in [0.717, 1.165) is 36.8 Å². The highest BCUT2D eigenvalue weighted by Gasteiger charge is 2.21. The summed E-state index contributed by atoms with van der Waals surface area (Å²) >= 11 is 1.39. The average molecular weight is 414 g/mol. The maximum absolute atomic E-state index is 13.1. The van der Waals surface area contributed by atoms with Gasteiger partial charge in [-0.2, -0.15) is 0 Å². The molecule has 0 amide bonds. The molecule has 0 unspecified atom stereocenters. The fraction of sp³-hybridized carbons (Fsp3) is 0.381. The van der Waals surface area contributed by atoms with Crippen molar-refractivity contribution in [3.63, 3.8) is 0 Å². The minimum absolute atomic E-state index is 0.0293. The molecule has 2 aromatic heterocycles. The first-order valence-electron chi connectivity index (χ1n) is 9.49. The van der Waals surface area contributed by atoms with Crippen molar-refractivity contribution < 1.29 is 19.0 Å². The number of fused-ring (bicyclic) bond motifs is 1. The zero-order chi connectivity index (χ0) is 20.4. The van der Waals surface area contributed by atoms with E-state index in [1.165, 1.54) is 22.2 Å². The molecule has 0 saturated heterocycles. The van der Waals surface area contributed by atoms with Gasteiger partial charge in [-0.25, -0.2) is 4.98 Å². The van der Waals surface area contributed by atoms with Gasteiger partial charge < -0.3 is 14.2 Å². The highest BCUT2D eigenvalue weighted by atomic mass is 32.1. The average Bonchev–Trinajstić information content (AvgIpc) is 3.39. The van der Waals surface area contributed by atoms with Crippen LogP contribution < -0.4 is 15.0 Å². The van der Waals surface area contributed by atoms with E-state index < -0.39 is 5.97 Å². The molecule has 29 heavy (non-hydrogen) atoms. The molecule has 0 spiro atoms. The molecule has 0 N–H and O–H groups in total. The van der Waals surface area contributed by atoms with E-state index in [2.05, 4.69) is 4.98 Å². The molecule has 0 bridgehead atoms. The second kappa shape index (κ2) is 8.24. The number of carbonyl (C=O) groups excluding carboxylic acids is 1. The van der Waals surface area contributed by atoms with E-state index in [4.69, 9.17) is 14.2 Å². The minimum Gasteiger partial charge on any atom is -0.493 e. The van der Waals surface area contributed by atoms with Crippen LogP contribution in [-0.4, -0.2) is 35.8 Å². The topological polar surface area (TPSA) is 79.7 Å². The lowest BCUT2D eigenvalue weighted by Gasteiger charge is -2.12. The van der Waals surface area contributed by atoms with E-state index in [1.807, 2.05) is 17.5 Å². The zero-order valence-electron chi connectivity index (χ0n) is 16.3. The predicted octanol–water partition coefficient (Wildman–Crippen LogP) is 3.63. The van der Waals surface area contributed by atoms with Crippen molar-refractivity contribution in [3.05, 3.63) is 40.3 Å². The largest absolute Gasteiger partial charge is 0.493 e. The van der Waals surface area contributed by atoms with Crippen LogP contribution in [0.15, 0.2) is 34.7 Å². The molecule has 1 aliphatic rings. The Morgan fingerprint density at radius 2 is 1.97 bits per heavy atom. The van der Waals surface area contributed by atoms with Crippen molar-refractivity contribution >= 4 is 27.5 Å². The highest BCUT2D eigenvalue weighted by Crippen LogP contribution is 2.36. The first kappa shape index (κ1) is 19.4. The van der Waals surface area contributed by atoms with Crippen molar-refractivity contribution in [3.8, 4) is 22.6 Å². The Bertz CT molecular complexity index is 1100. The third-order valence-corrected chi connectivity index (χ3v) is 6.04. The number of hydrogen-bond acceptors (Lipinski definition) is 7. The molecule has 0 radical (unpaired) electrons. The molecule has 1 aliphatic carbocycles. The SMILES string of the molecule is COc1ccc(-c2csc3ncn(CC(=O)OC4CCCC4)c(=O)c23)cc1OC. The summed E-state index contributed by atoms with van der Waals surface area (Å²) in [5.74, 6) is 0.790. The highest BCUT2D eigenvalue weighted by molar-refractivity contribution is 7.17.